The fraction of sp³-hybridized carbons (Fsp3) is 0.407. The van der Waals surface area contributed by atoms with Gasteiger partial charge in [-0.05, 0) is 58.4 Å². The minimum Gasteiger partial charge on any atom is -0.489 e. The number of likely N-dealkylation sites (tertiary alicyclic amines) is 1. The maximum absolute atomic E-state index is 13.3. The molecule has 2 heterocycles. The van der Waals surface area contributed by atoms with Crippen LogP contribution < -0.4 is 10.1 Å². The molecule has 1 saturated heterocycles. The molecular formula is C27H29F3N2O5. The third-order valence-corrected chi connectivity index (χ3v) is 5.95. The first kappa shape index (κ1) is 26.4. The van der Waals surface area contributed by atoms with Crippen LogP contribution in [0.4, 0.5) is 18.0 Å². The fourth-order valence-corrected chi connectivity index (χ4v) is 4.28. The lowest BCUT2D eigenvalue weighted by molar-refractivity contribution is -0.138. The highest BCUT2D eigenvalue weighted by molar-refractivity contribution is 6.07. The molecule has 3 aromatic rings. The number of carbonyl (C=O) groups excluding carboxylic acids is 2. The third kappa shape index (κ3) is 6.18. The largest absolute Gasteiger partial charge is 0.489 e. The number of halogens is 3. The Hall–Kier alpha value is -3.69. The van der Waals surface area contributed by atoms with Crippen molar-refractivity contribution < 1.29 is 36.7 Å². The molecule has 0 radical (unpaired) electrons. The number of fused-ring (bicyclic) bond motifs is 1. The molecule has 0 aliphatic carbocycles. The first-order valence-corrected chi connectivity index (χ1v) is 11.9. The van der Waals surface area contributed by atoms with E-state index in [1.165, 1.54) is 18.2 Å². The number of alkyl halides is 3. The van der Waals surface area contributed by atoms with Crippen LogP contribution in [0.15, 0.2) is 46.9 Å². The predicted molar refractivity (Wildman–Crippen MR) is 130 cm³/mol. The quantitative estimate of drug-likeness (QED) is 0.443. The third-order valence-electron chi connectivity index (χ3n) is 5.95. The van der Waals surface area contributed by atoms with E-state index >= 15 is 0 Å². The Morgan fingerprint density at radius 1 is 1.14 bits per heavy atom. The summed E-state index contributed by atoms with van der Waals surface area (Å²) < 4.78 is 56.7. The van der Waals surface area contributed by atoms with Gasteiger partial charge in [-0.25, -0.2) is 4.79 Å². The van der Waals surface area contributed by atoms with Crippen LogP contribution in [-0.2, 0) is 17.5 Å². The molecule has 2 amide bonds. The Labute approximate surface area is 212 Å². The van der Waals surface area contributed by atoms with Gasteiger partial charge < -0.3 is 24.1 Å². The maximum atomic E-state index is 13.3. The summed E-state index contributed by atoms with van der Waals surface area (Å²) >= 11 is 0. The van der Waals surface area contributed by atoms with Gasteiger partial charge in [-0.1, -0.05) is 18.2 Å². The number of rotatable bonds is 5. The van der Waals surface area contributed by atoms with Crippen molar-refractivity contribution in [1.82, 2.24) is 10.2 Å². The van der Waals surface area contributed by atoms with Crippen molar-refractivity contribution >= 4 is 23.0 Å². The van der Waals surface area contributed by atoms with Gasteiger partial charge in [0.05, 0.1) is 11.1 Å². The highest BCUT2D eigenvalue weighted by Gasteiger charge is 2.33. The Morgan fingerprint density at radius 3 is 2.57 bits per heavy atom. The van der Waals surface area contributed by atoms with Gasteiger partial charge in [0.2, 0.25) is 0 Å². The predicted octanol–water partition coefficient (Wildman–Crippen LogP) is 6.08. The van der Waals surface area contributed by atoms with Gasteiger partial charge in [-0.15, -0.1) is 0 Å². The SMILES string of the molecule is Cc1oc2ccc(OCc3ccccc3C(F)(F)F)cc2c1C(=O)NC1CCN(C(=O)OC(C)(C)C)C1. The zero-order valence-electron chi connectivity index (χ0n) is 21.1. The Bertz CT molecular complexity index is 1310. The summed E-state index contributed by atoms with van der Waals surface area (Å²) in [5, 5.41) is 3.43. The van der Waals surface area contributed by atoms with E-state index in [2.05, 4.69) is 5.32 Å². The van der Waals surface area contributed by atoms with E-state index < -0.39 is 23.4 Å². The molecule has 10 heteroatoms. The molecule has 1 atom stereocenters. The second kappa shape index (κ2) is 9.99. The number of benzene rings is 2. The van der Waals surface area contributed by atoms with Gasteiger partial charge in [0, 0.05) is 30.1 Å². The topological polar surface area (TPSA) is 81.0 Å². The second-order valence-electron chi connectivity index (χ2n) is 10.0. The number of ether oxygens (including phenoxy) is 2. The maximum Gasteiger partial charge on any atom is 0.416 e. The first-order chi connectivity index (χ1) is 17.3. The molecule has 4 rings (SSSR count). The molecule has 37 heavy (non-hydrogen) atoms. The summed E-state index contributed by atoms with van der Waals surface area (Å²) in [7, 11) is 0. The smallest absolute Gasteiger partial charge is 0.416 e. The van der Waals surface area contributed by atoms with Gasteiger partial charge >= 0.3 is 12.3 Å². The number of nitrogens with one attached hydrogen (secondary N) is 1. The van der Waals surface area contributed by atoms with Gasteiger partial charge in [-0.2, -0.15) is 13.2 Å². The lowest BCUT2D eigenvalue weighted by atomic mass is 10.1. The lowest BCUT2D eigenvalue weighted by Gasteiger charge is -2.24. The summed E-state index contributed by atoms with van der Waals surface area (Å²) in [6.07, 6.45) is -4.34. The number of hydrogen-bond donors (Lipinski definition) is 1. The zero-order chi connectivity index (χ0) is 27.0. The normalized spacial score (nSPS) is 16.2. The van der Waals surface area contributed by atoms with Crippen molar-refractivity contribution in [2.75, 3.05) is 13.1 Å². The van der Waals surface area contributed by atoms with Crippen LogP contribution in [0.5, 0.6) is 5.75 Å². The molecule has 1 aliphatic rings. The van der Waals surface area contributed by atoms with Crippen LogP contribution in [0.25, 0.3) is 11.0 Å². The van der Waals surface area contributed by atoms with Crippen LogP contribution in [0.2, 0.25) is 0 Å². The van der Waals surface area contributed by atoms with Crippen LogP contribution in [0.3, 0.4) is 0 Å². The molecule has 198 valence electrons. The van der Waals surface area contributed by atoms with Crippen LogP contribution in [-0.4, -0.2) is 41.6 Å². The average Bonchev–Trinajstić information content (AvgIpc) is 3.39. The second-order valence-corrected chi connectivity index (χ2v) is 10.0. The molecule has 1 unspecified atom stereocenters. The van der Waals surface area contributed by atoms with Crippen LogP contribution in [0, 0.1) is 6.92 Å². The van der Waals surface area contributed by atoms with Crippen molar-refractivity contribution in [3.63, 3.8) is 0 Å². The van der Waals surface area contributed by atoms with Gasteiger partial charge in [0.1, 0.15) is 29.3 Å². The molecule has 1 aliphatic heterocycles. The Balaban J connectivity index is 1.47. The standard InChI is InChI=1S/C27H29F3N2O5/c1-16-23(24(33)31-18-11-12-32(14-18)25(34)37-26(2,3)4)20-13-19(9-10-22(20)36-16)35-15-17-7-5-6-8-21(17)27(28,29)30/h5-10,13,18H,11-12,14-15H2,1-4H3,(H,31,33). The number of furan rings is 1. The van der Waals surface area contributed by atoms with Crippen molar-refractivity contribution in [1.29, 1.82) is 0 Å². The van der Waals surface area contributed by atoms with E-state index in [-0.39, 0.29) is 24.1 Å². The van der Waals surface area contributed by atoms with E-state index in [9.17, 15) is 22.8 Å². The van der Waals surface area contributed by atoms with E-state index in [1.807, 2.05) is 0 Å². The van der Waals surface area contributed by atoms with Crippen molar-refractivity contribution in [2.24, 2.45) is 0 Å². The minimum absolute atomic E-state index is 0.00668. The number of aryl methyl sites for hydroxylation is 1. The summed E-state index contributed by atoms with van der Waals surface area (Å²) in [6, 6.07) is 9.74. The first-order valence-electron chi connectivity index (χ1n) is 11.9. The summed E-state index contributed by atoms with van der Waals surface area (Å²) in [6.45, 7) is 7.53. The Morgan fingerprint density at radius 2 is 1.86 bits per heavy atom. The van der Waals surface area contributed by atoms with Crippen molar-refractivity contribution in [3.8, 4) is 5.75 Å². The molecule has 1 N–H and O–H groups in total. The summed E-state index contributed by atoms with van der Waals surface area (Å²) in [5.41, 5.74) is -0.598. The van der Waals surface area contributed by atoms with E-state index in [4.69, 9.17) is 13.9 Å². The van der Waals surface area contributed by atoms with Crippen molar-refractivity contribution in [3.05, 3.63) is 64.9 Å². The number of nitrogens with zero attached hydrogens (tertiary/aromatic N) is 1. The Kier molecular flexibility index (Phi) is 7.12. The van der Waals surface area contributed by atoms with Crippen LogP contribution in [0.1, 0.15) is 54.4 Å². The summed E-state index contributed by atoms with van der Waals surface area (Å²) in [4.78, 5) is 27.1. The van der Waals surface area contributed by atoms with E-state index in [0.717, 1.165) is 6.07 Å². The molecule has 0 spiro atoms. The molecule has 1 aromatic heterocycles. The van der Waals surface area contributed by atoms with Gasteiger partial charge in [0.15, 0.2) is 0 Å². The molecule has 1 fully saturated rings. The summed E-state index contributed by atoms with van der Waals surface area (Å²) in [5.74, 6) is 0.331. The van der Waals surface area contributed by atoms with Gasteiger partial charge in [-0.3, -0.25) is 4.79 Å². The molecular weight excluding hydrogens is 489 g/mol. The highest BCUT2D eigenvalue weighted by Crippen LogP contribution is 2.33. The molecule has 7 nitrogen and oxygen atoms in total. The monoisotopic (exact) mass is 518 g/mol. The number of amides is 2. The zero-order valence-corrected chi connectivity index (χ0v) is 21.1. The fourth-order valence-electron chi connectivity index (χ4n) is 4.28. The van der Waals surface area contributed by atoms with E-state index in [0.29, 0.717) is 47.6 Å². The lowest BCUT2D eigenvalue weighted by Crippen LogP contribution is -2.40. The number of carbonyl (C=O) groups is 2. The molecule has 0 saturated carbocycles. The highest BCUT2D eigenvalue weighted by atomic mass is 19.4. The van der Waals surface area contributed by atoms with Crippen LogP contribution >= 0.6 is 0 Å². The number of hydrogen-bond acceptors (Lipinski definition) is 5. The minimum atomic E-state index is -4.49. The average molecular weight is 519 g/mol. The molecule has 0 bridgehead atoms. The van der Waals surface area contributed by atoms with Gasteiger partial charge in [0.25, 0.3) is 5.91 Å². The van der Waals surface area contributed by atoms with Crippen molar-refractivity contribution in [2.45, 2.75) is 58.5 Å². The molecule has 2 aromatic carbocycles. The van der Waals surface area contributed by atoms with E-state index in [1.54, 1.807) is 50.8 Å².